The zero-order valence-corrected chi connectivity index (χ0v) is 11.3. The van der Waals surface area contributed by atoms with E-state index >= 15 is 0 Å². The zero-order valence-electron chi connectivity index (χ0n) is 11.3. The van der Waals surface area contributed by atoms with E-state index in [0.29, 0.717) is 30.8 Å². The highest BCUT2D eigenvalue weighted by molar-refractivity contribution is 5.38. The number of ether oxygens (including phenoxy) is 2. The highest BCUT2D eigenvalue weighted by Gasteiger charge is 2.47. The lowest BCUT2D eigenvalue weighted by atomic mass is 9.77. The Morgan fingerprint density at radius 1 is 1.37 bits per heavy atom. The van der Waals surface area contributed by atoms with E-state index in [1.807, 2.05) is 13.8 Å². The molecule has 3 rings (SSSR count). The lowest BCUT2D eigenvalue weighted by Gasteiger charge is -2.48. The van der Waals surface area contributed by atoms with Gasteiger partial charge in [-0.25, -0.2) is 4.39 Å². The van der Waals surface area contributed by atoms with E-state index in [0.717, 1.165) is 6.42 Å². The Labute approximate surface area is 112 Å². The Balaban J connectivity index is 1.95. The van der Waals surface area contributed by atoms with Gasteiger partial charge in [0.25, 0.3) is 0 Å². The minimum Gasteiger partial charge on any atom is -0.486 e. The summed E-state index contributed by atoms with van der Waals surface area (Å²) in [5, 5.41) is 10.3. The van der Waals surface area contributed by atoms with Crippen LogP contribution in [0.3, 0.4) is 0 Å². The molecular formula is C15H19FO3. The predicted octanol–water partition coefficient (Wildman–Crippen LogP) is 2.97. The number of aliphatic hydroxyl groups excluding tert-OH is 1. The molecule has 3 nitrogen and oxygen atoms in total. The Morgan fingerprint density at radius 3 is 2.89 bits per heavy atom. The van der Waals surface area contributed by atoms with Gasteiger partial charge in [-0.15, -0.1) is 0 Å². The average Bonchev–Trinajstić information content (AvgIpc) is 2.25. The number of fused-ring (bicyclic) bond motifs is 1. The van der Waals surface area contributed by atoms with Gasteiger partial charge in [-0.1, -0.05) is 0 Å². The van der Waals surface area contributed by atoms with Crippen molar-refractivity contribution in [2.45, 2.75) is 50.4 Å². The van der Waals surface area contributed by atoms with Gasteiger partial charge < -0.3 is 14.6 Å². The van der Waals surface area contributed by atoms with Crippen molar-refractivity contribution in [3.8, 4) is 5.75 Å². The number of hydrogen-bond acceptors (Lipinski definition) is 3. The third kappa shape index (κ3) is 2.35. The standard InChI is InChI=1S/C15H19FO3/c1-14(2)9-15(5-6-18-14)8-12(17)11-4-3-10(16)7-13(11)19-15/h3-4,7,12,17H,5-6,8-9H2,1-2H3/t12-,15?/m1/s1. The second kappa shape index (κ2) is 4.18. The molecule has 1 N–H and O–H groups in total. The first-order valence-electron chi connectivity index (χ1n) is 6.70. The summed E-state index contributed by atoms with van der Waals surface area (Å²) in [5.74, 6) is 0.130. The van der Waals surface area contributed by atoms with Crippen molar-refractivity contribution in [1.82, 2.24) is 0 Å². The molecule has 0 aromatic heterocycles. The lowest BCUT2D eigenvalue weighted by Crippen LogP contribution is -2.51. The largest absolute Gasteiger partial charge is 0.486 e. The van der Waals surface area contributed by atoms with Crippen LogP contribution in [-0.2, 0) is 4.74 Å². The average molecular weight is 266 g/mol. The molecule has 0 saturated carbocycles. The first-order valence-corrected chi connectivity index (χ1v) is 6.70. The first-order chi connectivity index (χ1) is 8.89. The van der Waals surface area contributed by atoms with Crippen LogP contribution in [0.1, 0.15) is 44.8 Å². The van der Waals surface area contributed by atoms with Crippen molar-refractivity contribution >= 4 is 0 Å². The molecule has 104 valence electrons. The molecule has 0 bridgehead atoms. The van der Waals surface area contributed by atoms with Gasteiger partial charge in [0.2, 0.25) is 0 Å². The molecular weight excluding hydrogens is 247 g/mol. The van der Waals surface area contributed by atoms with Gasteiger partial charge in [-0.05, 0) is 26.0 Å². The van der Waals surface area contributed by atoms with Gasteiger partial charge in [0, 0.05) is 30.9 Å². The fraction of sp³-hybridized carbons (Fsp3) is 0.600. The topological polar surface area (TPSA) is 38.7 Å². The molecule has 1 unspecified atom stereocenters. The molecule has 0 radical (unpaired) electrons. The van der Waals surface area contributed by atoms with Gasteiger partial charge in [-0.2, -0.15) is 0 Å². The molecule has 4 heteroatoms. The van der Waals surface area contributed by atoms with Crippen LogP contribution in [0, 0.1) is 5.82 Å². The first kappa shape index (κ1) is 12.9. The summed E-state index contributed by atoms with van der Waals surface area (Å²) in [6, 6.07) is 4.33. The summed E-state index contributed by atoms with van der Waals surface area (Å²) < 4.78 is 25.1. The number of hydrogen-bond donors (Lipinski definition) is 1. The van der Waals surface area contributed by atoms with Crippen LogP contribution in [0.5, 0.6) is 5.75 Å². The maximum absolute atomic E-state index is 13.3. The Morgan fingerprint density at radius 2 is 2.16 bits per heavy atom. The number of aliphatic hydroxyl groups is 1. The summed E-state index contributed by atoms with van der Waals surface area (Å²) in [6.45, 7) is 4.64. The molecule has 1 saturated heterocycles. The minimum absolute atomic E-state index is 0.275. The van der Waals surface area contributed by atoms with E-state index in [9.17, 15) is 9.50 Å². The molecule has 2 heterocycles. The number of benzene rings is 1. The zero-order chi connectivity index (χ0) is 13.7. The van der Waals surface area contributed by atoms with Crippen LogP contribution in [0.4, 0.5) is 4.39 Å². The number of rotatable bonds is 0. The van der Waals surface area contributed by atoms with Crippen molar-refractivity contribution in [2.24, 2.45) is 0 Å². The Kier molecular flexibility index (Phi) is 2.84. The number of halogens is 1. The molecule has 1 spiro atoms. The quantitative estimate of drug-likeness (QED) is 0.784. The lowest BCUT2D eigenvalue weighted by molar-refractivity contribution is -0.151. The van der Waals surface area contributed by atoms with Crippen molar-refractivity contribution < 1.29 is 19.0 Å². The van der Waals surface area contributed by atoms with Gasteiger partial charge in [0.1, 0.15) is 17.2 Å². The third-order valence-corrected chi connectivity index (χ3v) is 4.02. The minimum atomic E-state index is -0.599. The molecule has 2 atom stereocenters. The van der Waals surface area contributed by atoms with E-state index in [1.165, 1.54) is 12.1 Å². The molecule has 2 aliphatic heterocycles. The van der Waals surface area contributed by atoms with Gasteiger partial charge in [0.05, 0.1) is 18.3 Å². The summed E-state index contributed by atoms with van der Waals surface area (Å²) in [4.78, 5) is 0. The highest BCUT2D eigenvalue weighted by Crippen LogP contribution is 2.47. The normalized spacial score (nSPS) is 32.7. The predicted molar refractivity (Wildman–Crippen MR) is 68.6 cm³/mol. The maximum Gasteiger partial charge on any atom is 0.128 e. The molecule has 2 aliphatic rings. The third-order valence-electron chi connectivity index (χ3n) is 4.02. The smallest absolute Gasteiger partial charge is 0.128 e. The fourth-order valence-corrected chi connectivity index (χ4v) is 3.30. The van der Waals surface area contributed by atoms with Crippen LogP contribution >= 0.6 is 0 Å². The summed E-state index contributed by atoms with van der Waals surface area (Å²) in [5.41, 5.74) is -0.0404. The summed E-state index contributed by atoms with van der Waals surface area (Å²) in [7, 11) is 0. The van der Waals surface area contributed by atoms with E-state index in [1.54, 1.807) is 6.07 Å². The Bertz CT molecular complexity index is 500. The van der Waals surface area contributed by atoms with E-state index < -0.39 is 11.7 Å². The highest BCUT2D eigenvalue weighted by atomic mass is 19.1. The van der Waals surface area contributed by atoms with Gasteiger partial charge in [-0.3, -0.25) is 0 Å². The van der Waals surface area contributed by atoms with Crippen LogP contribution in [0.25, 0.3) is 0 Å². The molecule has 0 amide bonds. The van der Waals surface area contributed by atoms with Gasteiger partial charge >= 0.3 is 0 Å². The van der Waals surface area contributed by atoms with Crippen LogP contribution in [0.15, 0.2) is 18.2 Å². The summed E-state index contributed by atoms with van der Waals surface area (Å²) >= 11 is 0. The van der Waals surface area contributed by atoms with Crippen LogP contribution in [0.2, 0.25) is 0 Å². The summed E-state index contributed by atoms with van der Waals surface area (Å²) in [6.07, 6.45) is 1.37. The second-order valence-electron chi connectivity index (χ2n) is 6.22. The van der Waals surface area contributed by atoms with Crippen molar-refractivity contribution in [2.75, 3.05) is 6.61 Å². The molecule has 0 aliphatic carbocycles. The molecule has 19 heavy (non-hydrogen) atoms. The monoisotopic (exact) mass is 266 g/mol. The van der Waals surface area contributed by atoms with Gasteiger partial charge in [0.15, 0.2) is 0 Å². The van der Waals surface area contributed by atoms with Crippen molar-refractivity contribution in [1.29, 1.82) is 0 Å². The fourth-order valence-electron chi connectivity index (χ4n) is 3.30. The maximum atomic E-state index is 13.3. The second-order valence-corrected chi connectivity index (χ2v) is 6.22. The van der Waals surface area contributed by atoms with E-state index in [2.05, 4.69) is 0 Å². The van der Waals surface area contributed by atoms with Crippen LogP contribution in [-0.4, -0.2) is 22.9 Å². The molecule has 1 aromatic rings. The van der Waals surface area contributed by atoms with Crippen molar-refractivity contribution in [3.05, 3.63) is 29.6 Å². The van der Waals surface area contributed by atoms with E-state index in [4.69, 9.17) is 9.47 Å². The molecule has 1 aromatic carbocycles. The van der Waals surface area contributed by atoms with E-state index in [-0.39, 0.29) is 11.4 Å². The molecule has 1 fully saturated rings. The van der Waals surface area contributed by atoms with Crippen LogP contribution < -0.4 is 4.74 Å². The van der Waals surface area contributed by atoms with Crippen molar-refractivity contribution in [3.63, 3.8) is 0 Å². The SMILES string of the molecule is CC1(C)CC2(CCO1)C[C@@H](O)c1ccc(F)cc1O2. The Hall–Kier alpha value is -1.13.